The summed E-state index contributed by atoms with van der Waals surface area (Å²) in [5.41, 5.74) is 3.97. The molecule has 0 fully saturated rings. The third-order valence-corrected chi connectivity index (χ3v) is 4.20. The second-order valence-corrected chi connectivity index (χ2v) is 5.65. The molecule has 21 heavy (non-hydrogen) atoms. The maximum absolute atomic E-state index is 11.1. The van der Waals surface area contributed by atoms with Gasteiger partial charge in [0, 0.05) is 18.3 Å². The number of hydrogen-bond donors (Lipinski definition) is 1. The number of aromatic carboxylic acids is 1. The van der Waals surface area contributed by atoms with Crippen LogP contribution in [0.1, 0.15) is 34.8 Å². The average molecular weight is 281 g/mol. The van der Waals surface area contributed by atoms with E-state index < -0.39 is 5.97 Å². The predicted octanol–water partition coefficient (Wildman–Crippen LogP) is 3.73. The summed E-state index contributed by atoms with van der Waals surface area (Å²) in [4.78, 5) is 13.5. The van der Waals surface area contributed by atoms with Crippen molar-refractivity contribution in [2.75, 3.05) is 4.90 Å². The molecule has 0 aliphatic carbocycles. The van der Waals surface area contributed by atoms with E-state index in [0.29, 0.717) is 11.6 Å². The summed E-state index contributed by atoms with van der Waals surface area (Å²) in [5.74, 6) is -0.856. The Morgan fingerprint density at radius 2 is 2.00 bits per heavy atom. The molecule has 0 aromatic heterocycles. The summed E-state index contributed by atoms with van der Waals surface area (Å²) in [7, 11) is 0. The molecule has 3 rings (SSSR count). The molecule has 0 saturated heterocycles. The Hall–Kier alpha value is -2.29. The molecule has 3 heteroatoms. The minimum absolute atomic E-state index is 0.378. The number of carboxylic acid groups (broad SMARTS) is 1. The first-order valence-electron chi connectivity index (χ1n) is 7.32. The van der Waals surface area contributed by atoms with Crippen molar-refractivity contribution < 1.29 is 9.90 Å². The number of fused-ring (bicyclic) bond motifs is 1. The molecule has 0 amide bonds. The molecule has 1 atom stereocenters. The molecule has 0 radical (unpaired) electrons. The Balaban J connectivity index is 1.93. The van der Waals surface area contributed by atoms with Crippen LogP contribution in [0.2, 0.25) is 0 Å². The van der Waals surface area contributed by atoms with Gasteiger partial charge >= 0.3 is 5.97 Å². The lowest BCUT2D eigenvalue weighted by Crippen LogP contribution is -2.36. The highest BCUT2D eigenvalue weighted by Crippen LogP contribution is 2.32. The van der Waals surface area contributed by atoms with E-state index in [4.69, 9.17) is 5.11 Å². The highest BCUT2D eigenvalue weighted by molar-refractivity contribution is 5.88. The van der Waals surface area contributed by atoms with Crippen LogP contribution in [-0.2, 0) is 13.0 Å². The van der Waals surface area contributed by atoms with Crippen LogP contribution in [0.4, 0.5) is 5.69 Å². The van der Waals surface area contributed by atoms with E-state index in [0.717, 1.165) is 24.9 Å². The monoisotopic (exact) mass is 281 g/mol. The van der Waals surface area contributed by atoms with Gasteiger partial charge in [-0.1, -0.05) is 30.3 Å². The molecule has 1 N–H and O–H groups in total. The first-order chi connectivity index (χ1) is 10.1. The van der Waals surface area contributed by atoms with Crippen molar-refractivity contribution in [1.82, 2.24) is 0 Å². The number of carboxylic acids is 1. The summed E-state index contributed by atoms with van der Waals surface area (Å²) in [5, 5.41) is 9.13. The van der Waals surface area contributed by atoms with Crippen molar-refractivity contribution in [3.8, 4) is 0 Å². The quantitative estimate of drug-likeness (QED) is 0.932. The van der Waals surface area contributed by atoms with Crippen LogP contribution in [0.15, 0.2) is 48.5 Å². The fourth-order valence-corrected chi connectivity index (χ4v) is 2.98. The molecule has 1 aliphatic rings. The molecule has 2 aromatic carbocycles. The summed E-state index contributed by atoms with van der Waals surface area (Å²) >= 11 is 0. The van der Waals surface area contributed by atoms with Crippen LogP contribution >= 0.6 is 0 Å². The van der Waals surface area contributed by atoms with Crippen molar-refractivity contribution in [2.45, 2.75) is 32.4 Å². The molecule has 0 saturated carbocycles. The lowest BCUT2D eigenvalue weighted by molar-refractivity contribution is 0.0697. The van der Waals surface area contributed by atoms with Gasteiger partial charge in [0.05, 0.1) is 5.56 Å². The van der Waals surface area contributed by atoms with Crippen molar-refractivity contribution >= 4 is 11.7 Å². The summed E-state index contributed by atoms with van der Waals surface area (Å²) < 4.78 is 0. The normalized spacial score (nSPS) is 17.4. The maximum atomic E-state index is 11.1. The Kier molecular flexibility index (Phi) is 3.65. The zero-order chi connectivity index (χ0) is 14.8. The van der Waals surface area contributed by atoms with E-state index in [1.807, 2.05) is 18.2 Å². The van der Waals surface area contributed by atoms with Gasteiger partial charge in [0.2, 0.25) is 0 Å². The highest BCUT2D eigenvalue weighted by atomic mass is 16.4. The van der Waals surface area contributed by atoms with Crippen molar-refractivity contribution in [2.24, 2.45) is 0 Å². The number of benzene rings is 2. The summed E-state index contributed by atoms with van der Waals surface area (Å²) in [6.07, 6.45) is 2.01. The van der Waals surface area contributed by atoms with E-state index in [9.17, 15) is 4.79 Å². The van der Waals surface area contributed by atoms with Gasteiger partial charge in [-0.25, -0.2) is 4.79 Å². The van der Waals surface area contributed by atoms with Crippen molar-refractivity contribution in [1.29, 1.82) is 0 Å². The van der Waals surface area contributed by atoms with Crippen LogP contribution < -0.4 is 4.90 Å². The van der Waals surface area contributed by atoms with E-state index in [-0.39, 0.29) is 0 Å². The van der Waals surface area contributed by atoms with E-state index in [2.05, 4.69) is 36.1 Å². The van der Waals surface area contributed by atoms with Gasteiger partial charge in [-0.15, -0.1) is 0 Å². The van der Waals surface area contributed by atoms with E-state index in [1.54, 1.807) is 6.07 Å². The zero-order valence-electron chi connectivity index (χ0n) is 12.1. The smallest absolute Gasteiger partial charge is 0.335 e. The van der Waals surface area contributed by atoms with Crippen LogP contribution in [0.25, 0.3) is 0 Å². The third-order valence-electron chi connectivity index (χ3n) is 4.20. The second kappa shape index (κ2) is 5.60. The molecule has 2 aromatic rings. The molecule has 3 nitrogen and oxygen atoms in total. The Labute approximate surface area is 124 Å². The molecule has 108 valence electrons. The maximum Gasteiger partial charge on any atom is 0.335 e. The van der Waals surface area contributed by atoms with Crippen molar-refractivity contribution in [3.05, 3.63) is 65.2 Å². The minimum atomic E-state index is -0.856. The average Bonchev–Trinajstić information content (AvgIpc) is 2.50. The van der Waals surface area contributed by atoms with Gasteiger partial charge < -0.3 is 10.0 Å². The largest absolute Gasteiger partial charge is 0.478 e. The van der Waals surface area contributed by atoms with E-state index >= 15 is 0 Å². The van der Waals surface area contributed by atoms with Gasteiger partial charge in [-0.3, -0.25) is 0 Å². The molecule has 1 heterocycles. The number of hydrogen-bond acceptors (Lipinski definition) is 2. The molecular weight excluding hydrogens is 262 g/mol. The van der Waals surface area contributed by atoms with Crippen LogP contribution in [0.5, 0.6) is 0 Å². The fraction of sp³-hybridized carbons (Fsp3) is 0.278. The number of carbonyl (C=O) groups is 1. The van der Waals surface area contributed by atoms with Crippen LogP contribution in [0.3, 0.4) is 0 Å². The summed E-state index contributed by atoms with van der Waals surface area (Å²) in [6, 6.07) is 16.3. The number of rotatable bonds is 3. The first-order valence-corrected chi connectivity index (χ1v) is 7.32. The third kappa shape index (κ3) is 2.77. The topological polar surface area (TPSA) is 40.5 Å². The zero-order valence-corrected chi connectivity index (χ0v) is 12.1. The number of aryl methyl sites for hydroxylation is 1. The Bertz CT molecular complexity index is 652. The molecule has 0 spiro atoms. The Morgan fingerprint density at radius 3 is 2.71 bits per heavy atom. The molecule has 1 unspecified atom stereocenters. The van der Waals surface area contributed by atoms with Gasteiger partial charge in [-0.2, -0.15) is 0 Å². The lowest BCUT2D eigenvalue weighted by Gasteiger charge is -2.37. The molecule has 0 bridgehead atoms. The fourth-order valence-electron chi connectivity index (χ4n) is 2.98. The summed E-state index contributed by atoms with van der Waals surface area (Å²) in [6.45, 7) is 3.10. The minimum Gasteiger partial charge on any atom is -0.478 e. The lowest BCUT2D eigenvalue weighted by atomic mass is 9.94. The number of nitrogens with zero attached hydrogens (tertiary/aromatic N) is 1. The van der Waals surface area contributed by atoms with Gasteiger partial charge in [0.1, 0.15) is 0 Å². The standard InChI is InChI=1S/C18H19NO2/c1-13-7-8-15-11-16(18(20)21)9-10-17(15)19(13)12-14-5-3-2-4-6-14/h2-6,9-11,13H,7-8,12H2,1H3,(H,20,21). The van der Waals surface area contributed by atoms with Gasteiger partial charge in [0.25, 0.3) is 0 Å². The second-order valence-electron chi connectivity index (χ2n) is 5.65. The predicted molar refractivity (Wildman–Crippen MR) is 83.8 cm³/mol. The van der Waals surface area contributed by atoms with Crippen LogP contribution in [-0.4, -0.2) is 17.1 Å². The van der Waals surface area contributed by atoms with Crippen LogP contribution in [0, 0.1) is 0 Å². The van der Waals surface area contributed by atoms with E-state index in [1.165, 1.54) is 11.3 Å². The molecule has 1 aliphatic heterocycles. The van der Waals surface area contributed by atoms with Crippen molar-refractivity contribution in [3.63, 3.8) is 0 Å². The SMILES string of the molecule is CC1CCc2cc(C(=O)O)ccc2N1Cc1ccccc1. The molecular formula is C18H19NO2. The van der Waals surface area contributed by atoms with Gasteiger partial charge in [0.15, 0.2) is 0 Å². The van der Waals surface area contributed by atoms with Gasteiger partial charge in [-0.05, 0) is 49.1 Å². The highest BCUT2D eigenvalue weighted by Gasteiger charge is 2.23. The first kappa shape index (κ1) is 13.7. The number of anilines is 1. The Morgan fingerprint density at radius 1 is 1.24 bits per heavy atom.